The molecule has 1 aromatic carbocycles. The molecular formula is C20H20FN5O3. The Bertz CT molecular complexity index is 1120. The third kappa shape index (κ3) is 3.08. The number of amides is 1. The van der Waals surface area contributed by atoms with E-state index in [4.69, 9.17) is 0 Å². The normalized spacial score (nSPS) is 16.0. The van der Waals surface area contributed by atoms with Crippen molar-refractivity contribution in [3.05, 3.63) is 64.7 Å². The number of aryl methyl sites for hydroxylation is 2. The lowest BCUT2D eigenvalue weighted by Gasteiger charge is -2.33. The van der Waals surface area contributed by atoms with Gasteiger partial charge < -0.3 is 19.1 Å². The molecule has 0 radical (unpaired) electrons. The zero-order chi connectivity index (χ0) is 20.9. The first kappa shape index (κ1) is 18.9. The van der Waals surface area contributed by atoms with Crippen molar-refractivity contribution in [1.29, 1.82) is 0 Å². The minimum absolute atomic E-state index is 0.0663. The number of aromatic nitrogens is 4. The Kier molecular flexibility index (Phi) is 4.45. The molecular weight excluding hydrogens is 377 g/mol. The number of nitrogens with zero attached hydrogens (tertiary/aromatic N) is 5. The maximum atomic E-state index is 13.3. The second-order valence-electron chi connectivity index (χ2n) is 7.16. The Hall–Kier alpha value is -3.49. The topological polar surface area (TPSA) is 93.2 Å². The van der Waals surface area contributed by atoms with Gasteiger partial charge in [-0.1, -0.05) is 0 Å². The third-order valence-corrected chi connectivity index (χ3v) is 5.35. The molecule has 3 heterocycles. The summed E-state index contributed by atoms with van der Waals surface area (Å²) in [6.07, 6.45) is 0. The van der Waals surface area contributed by atoms with Gasteiger partial charge in [-0.15, -0.1) is 10.2 Å². The van der Waals surface area contributed by atoms with E-state index in [9.17, 15) is 19.1 Å². The molecule has 0 aliphatic carbocycles. The summed E-state index contributed by atoms with van der Waals surface area (Å²) in [4.78, 5) is 26.5. The van der Waals surface area contributed by atoms with Crippen molar-refractivity contribution >= 4 is 11.9 Å². The van der Waals surface area contributed by atoms with Crippen molar-refractivity contribution in [2.75, 3.05) is 0 Å². The van der Waals surface area contributed by atoms with Crippen LogP contribution in [0.4, 0.5) is 4.39 Å². The number of carboxylic acid groups (broad SMARTS) is 1. The molecule has 9 heteroatoms. The summed E-state index contributed by atoms with van der Waals surface area (Å²) < 4.78 is 16.9. The number of rotatable bonds is 3. The molecule has 0 spiro atoms. The van der Waals surface area contributed by atoms with Crippen LogP contribution in [0.3, 0.4) is 0 Å². The van der Waals surface area contributed by atoms with Crippen LogP contribution >= 0.6 is 0 Å². The maximum absolute atomic E-state index is 13.3. The summed E-state index contributed by atoms with van der Waals surface area (Å²) in [5.41, 5.74) is 2.58. The second-order valence-corrected chi connectivity index (χ2v) is 7.16. The van der Waals surface area contributed by atoms with Crippen LogP contribution in [0.1, 0.15) is 33.4 Å². The van der Waals surface area contributed by atoms with E-state index in [1.807, 2.05) is 11.5 Å². The highest BCUT2D eigenvalue weighted by molar-refractivity contribution is 5.98. The van der Waals surface area contributed by atoms with Gasteiger partial charge in [0.05, 0.1) is 18.7 Å². The number of carbonyl (C=O) groups excluding carboxylic acids is 1. The maximum Gasteiger partial charge on any atom is 0.328 e. The summed E-state index contributed by atoms with van der Waals surface area (Å²) in [5.74, 6) is -0.631. The number of aliphatic carboxylic acids is 1. The van der Waals surface area contributed by atoms with Gasteiger partial charge in [-0.05, 0) is 51.1 Å². The standard InChI is InChI=1S/C20H20FN5O3/c1-11-8-16(12(2)26(11)15-6-4-14(21)5-7-15)19(27)25-10-18-23-22-13(3)24(18)9-17(25)20(28)29/h4-8,17H,9-10H2,1-3H3,(H,28,29). The SMILES string of the molecule is Cc1nnc2n1CC(C(=O)O)N(C(=O)c1cc(C)n(-c3ccc(F)cc3)c1C)C2. The van der Waals surface area contributed by atoms with Crippen LogP contribution in [0.2, 0.25) is 0 Å². The quantitative estimate of drug-likeness (QED) is 0.732. The highest BCUT2D eigenvalue weighted by Crippen LogP contribution is 2.26. The Morgan fingerprint density at radius 3 is 2.48 bits per heavy atom. The molecule has 29 heavy (non-hydrogen) atoms. The summed E-state index contributed by atoms with van der Waals surface area (Å²) in [5, 5.41) is 17.8. The number of halogens is 1. The van der Waals surface area contributed by atoms with Crippen LogP contribution in [-0.2, 0) is 17.9 Å². The Balaban J connectivity index is 1.73. The highest BCUT2D eigenvalue weighted by atomic mass is 19.1. The van der Waals surface area contributed by atoms with Gasteiger partial charge in [0, 0.05) is 17.1 Å². The Labute approximate surface area is 166 Å². The van der Waals surface area contributed by atoms with E-state index in [1.165, 1.54) is 17.0 Å². The predicted octanol–water partition coefficient (Wildman–Crippen LogP) is 2.24. The molecule has 1 aliphatic heterocycles. The van der Waals surface area contributed by atoms with Crippen LogP contribution in [0.5, 0.6) is 0 Å². The molecule has 150 valence electrons. The van der Waals surface area contributed by atoms with E-state index in [-0.39, 0.29) is 24.8 Å². The van der Waals surface area contributed by atoms with Crippen molar-refractivity contribution in [3.8, 4) is 5.69 Å². The minimum Gasteiger partial charge on any atom is -0.480 e. The van der Waals surface area contributed by atoms with Crippen molar-refractivity contribution < 1.29 is 19.1 Å². The van der Waals surface area contributed by atoms with Crippen LogP contribution in [-0.4, -0.2) is 47.3 Å². The van der Waals surface area contributed by atoms with Gasteiger partial charge in [-0.25, -0.2) is 9.18 Å². The lowest BCUT2D eigenvalue weighted by molar-refractivity contribution is -0.143. The van der Waals surface area contributed by atoms with Gasteiger partial charge in [0.15, 0.2) is 5.82 Å². The molecule has 1 aliphatic rings. The van der Waals surface area contributed by atoms with Crippen LogP contribution in [0, 0.1) is 26.6 Å². The van der Waals surface area contributed by atoms with Gasteiger partial charge in [-0.3, -0.25) is 4.79 Å². The first-order chi connectivity index (χ1) is 13.8. The average Bonchev–Trinajstić information content (AvgIpc) is 3.20. The molecule has 1 atom stereocenters. The van der Waals surface area contributed by atoms with Crippen molar-refractivity contribution in [1.82, 2.24) is 24.2 Å². The highest BCUT2D eigenvalue weighted by Gasteiger charge is 2.37. The zero-order valence-electron chi connectivity index (χ0n) is 16.3. The fourth-order valence-corrected chi connectivity index (χ4v) is 3.86. The average molecular weight is 397 g/mol. The summed E-state index contributed by atoms with van der Waals surface area (Å²) in [6, 6.07) is 6.70. The van der Waals surface area contributed by atoms with E-state index >= 15 is 0 Å². The fourth-order valence-electron chi connectivity index (χ4n) is 3.86. The fraction of sp³-hybridized carbons (Fsp3) is 0.300. The van der Waals surface area contributed by atoms with E-state index < -0.39 is 12.0 Å². The number of hydrogen-bond donors (Lipinski definition) is 1. The Morgan fingerprint density at radius 2 is 1.83 bits per heavy atom. The predicted molar refractivity (Wildman–Crippen MR) is 101 cm³/mol. The Morgan fingerprint density at radius 1 is 1.14 bits per heavy atom. The largest absolute Gasteiger partial charge is 0.480 e. The van der Waals surface area contributed by atoms with Crippen molar-refractivity contribution in [2.45, 2.75) is 39.9 Å². The number of fused-ring (bicyclic) bond motifs is 1. The minimum atomic E-state index is -1.08. The molecule has 0 saturated heterocycles. The molecule has 0 fully saturated rings. The summed E-state index contributed by atoms with van der Waals surface area (Å²) in [6.45, 7) is 5.56. The summed E-state index contributed by atoms with van der Waals surface area (Å²) >= 11 is 0. The number of hydrogen-bond acceptors (Lipinski definition) is 4. The van der Waals surface area contributed by atoms with Gasteiger partial charge in [-0.2, -0.15) is 0 Å². The van der Waals surface area contributed by atoms with Gasteiger partial charge in [0.2, 0.25) is 0 Å². The molecule has 1 amide bonds. The number of benzene rings is 1. The lowest BCUT2D eigenvalue weighted by Crippen LogP contribution is -2.50. The molecule has 1 N–H and O–H groups in total. The molecule has 1 unspecified atom stereocenters. The smallest absolute Gasteiger partial charge is 0.328 e. The van der Waals surface area contributed by atoms with E-state index in [0.29, 0.717) is 22.9 Å². The molecule has 0 bridgehead atoms. The first-order valence-electron chi connectivity index (χ1n) is 9.15. The molecule has 2 aromatic heterocycles. The van der Waals surface area contributed by atoms with Crippen LogP contribution in [0.25, 0.3) is 5.69 Å². The van der Waals surface area contributed by atoms with Crippen molar-refractivity contribution in [3.63, 3.8) is 0 Å². The van der Waals surface area contributed by atoms with Gasteiger partial charge in [0.25, 0.3) is 5.91 Å². The van der Waals surface area contributed by atoms with Gasteiger partial charge in [0.1, 0.15) is 17.7 Å². The zero-order valence-corrected chi connectivity index (χ0v) is 16.3. The second kappa shape index (κ2) is 6.84. The van der Waals surface area contributed by atoms with Crippen LogP contribution < -0.4 is 0 Å². The molecule has 3 aromatic rings. The van der Waals surface area contributed by atoms with E-state index in [0.717, 1.165) is 11.4 Å². The van der Waals surface area contributed by atoms with E-state index in [1.54, 1.807) is 36.6 Å². The van der Waals surface area contributed by atoms with Crippen molar-refractivity contribution in [2.24, 2.45) is 0 Å². The number of carboxylic acids is 1. The molecule has 4 rings (SSSR count). The lowest BCUT2D eigenvalue weighted by atomic mass is 10.1. The summed E-state index contributed by atoms with van der Waals surface area (Å²) in [7, 11) is 0. The van der Waals surface area contributed by atoms with Gasteiger partial charge >= 0.3 is 5.97 Å². The monoisotopic (exact) mass is 397 g/mol. The van der Waals surface area contributed by atoms with E-state index in [2.05, 4.69) is 10.2 Å². The molecule has 0 saturated carbocycles. The first-order valence-corrected chi connectivity index (χ1v) is 9.15. The third-order valence-electron chi connectivity index (χ3n) is 5.35. The van der Waals surface area contributed by atoms with Crippen LogP contribution in [0.15, 0.2) is 30.3 Å². The number of carbonyl (C=O) groups is 2. The molecule has 8 nitrogen and oxygen atoms in total.